The van der Waals surface area contributed by atoms with Crippen LogP contribution in [0.4, 0.5) is 0 Å². The molecule has 0 saturated carbocycles. The van der Waals surface area contributed by atoms with Gasteiger partial charge < -0.3 is 10.6 Å². The third kappa shape index (κ3) is 4.12. The summed E-state index contributed by atoms with van der Waals surface area (Å²) in [5.41, 5.74) is 1.84. The van der Waals surface area contributed by atoms with Crippen molar-refractivity contribution < 1.29 is 4.79 Å². The molecule has 1 atom stereocenters. The Bertz CT molecular complexity index is 771. The summed E-state index contributed by atoms with van der Waals surface area (Å²) in [5, 5.41) is 6.33. The second-order valence-corrected chi connectivity index (χ2v) is 6.82. The van der Waals surface area contributed by atoms with Gasteiger partial charge in [0.1, 0.15) is 0 Å². The molecule has 2 N–H and O–H groups in total. The van der Waals surface area contributed by atoms with Gasteiger partial charge in [0.25, 0.3) is 0 Å². The number of imidazole rings is 1. The highest BCUT2D eigenvalue weighted by Gasteiger charge is 2.15. The van der Waals surface area contributed by atoms with E-state index >= 15 is 0 Å². The number of rotatable bonds is 8. The average molecular weight is 344 g/mol. The van der Waals surface area contributed by atoms with Crippen molar-refractivity contribution in [2.45, 2.75) is 45.7 Å². The van der Waals surface area contributed by atoms with Crippen LogP contribution in [-0.2, 0) is 17.9 Å². The molecular weight excluding hydrogens is 316 g/mol. The number of nitrogens with zero attached hydrogens (tertiary/aromatic N) is 2. The average Bonchev–Trinajstić information content (AvgIpc) is 3.21. The first-order valence-electron chi connectivity index (χ1n) is 9.36. The van der Waals surface area contributed by atoms with E-state index in [0.29, 0.717) is 25.4 Å². The predicted octanol–water partition coefficient (Wildman–Crippen LogP) is 1.72. The molecule has 25 heavy (non-hydrogen) atoms. The van der Waals surface area contributed by atoms with E-state index in [1.807, 2.05) is 24.3 Å². The van der Waals surface area contributed by atoms with Gasteiger partial charge in [0.05, 0.1) is 11.0 Å². The van der Waals surface area contributed by atoms with Crippen molar-refractivity contribution >= 4 is 16.9 Å². The number of benzene rings is 1. The molecule has 2 heterocycles. The normalized spacial score (nSPS) is 17.2. The van der Waals surface area contributed by atoms with Crippen LogP contribution >= 0.6 is 0 Å². The predicted molar refractivity (Wildman–Crippen MR) is 99.7 cm³/mol. The maximum Gasteiger partial charge on any atom is 0.329 e. The van der Waals surface area contributed by atoms with Gasteiger partial charge in [0.2, 0.25) is 5.91 Å². The lowest BCUT2D eigenvalue weighted by Crippen LogP contribution is -2.30. The summed E-state index contributed by atoms with van der Waals surface area (Å²) in [7, 11) is 0. The van der Waals surface area contributed by atoms with Crippen molar-refractivity contribution in [2.75, 3.05) is 19.6 Å². The van der Waals surface area contributed by atoms with Crippen molar-refractivity contribution in [1.82, 2.24) is 19.8 Å². The molecule has 6 nitrogen and oxygen atoms in total. The molecule has 1 aromatic heterocycles. The molecule has 6 heteroatoms. The molecule has 0 radical (unpaired) electrons. The lowest BCUT2D eigenvalue weighted by atomic mass is 10.1. The molecular formula is C19H28N4O2. The number of fused-ring (bicyclic) bond motifs is 1. The topological polar surface area (TPSA) is 68.1 Å². The molecule has 1 aliphatic rings. The largest absolute Gasteiger partial charge is 0.356 e. The quantitative estimate of drug-likeness (QED) is 0.766. The van der Waals surface area contributed by atoms with Crippen LogP contribution in [0.15, 0.2) is 29.1 Å². The van der Waals surface area contributed by atoms with Gasteiger partial charge in [0, 0.05) is 26.1 Å². The van der Waals surface area contributed by atoms with Crippen molar-refractivity contribution in [3.05, 3.63) is 34.7 Å². The Balaban J connectivity index is 1.59. The van der Waals surface area contributed by atoms with Crippen LogP contribution in [0.25, 0.3) is 11.0 Å². The fraction of sp³-hybridized carbons (Fsp3) is 0.579. The number of aromatic nitrogens is 2. The van der Waals surface area contributed by atoms with Gasteiger partial charge in [0.15, 0.2) is 0 Å². The first kappa shape index (κ1) is 17.7. The Kier molecular flexibility index (Phi) is 5.91. The molecule has 1 saturated heterocycles. The van der Waals surface area contributed by atoms with Gasteiger partial charge >= 0.3 is 5.69 Å². The van der Waals surface area contributed by atoms with E-state index in [1.165, 1.54) is 6.42 Å². The van der Waals surface area contributed by atoms with E-state index in [2.05, 4.69) is 17.6 Å². The van der Waals surface area contributed by atoms with E-state index in [0.717, 1.165) is 43.5 Å². The number of aryl methyl sites for hydroxylation is 2. The smallest absolute Gasteiger partial charge is 0.329 e. The summed E-state index contributed by atoms with van der Waals surface area (Å²) >= 11 is 0. The molecule has 1 aromatic carbocycles. The van der Waals surface area contributed by atoms with E-state index in [1.54, 1.807) is 9.13 Å². The molecule has 1 unspecified atom stereocenters. The number of hydrogen-bond acceptors (Lipinski definition) is 3. The summed E-state index contributed by atoms with van der Waals surface area (Å²) < 4.78 is 3.53. The first-order valence-corrected chi connectivity index (χ1v) is 9.36. The number of nitrogens with one attached hydrogen (secondary N) is 2. The Labute approximate surface area is 148 Å². The second-order valence-electron chi connectivity index (χ2n) is 6.82. The molecule has 0 bridgehead atoms. The first-order chi connectivity index (χ1) is 12.2. The number of amides is 1. The molecule has 1 aliphatic heterocycles. The van der Waals surface area contributed by atoms with Gasteiger partial charge in [-0.1, -0.05) is 19.1 Å². The van der Waals surface area contributed by atoms with E-state index < -0.39 is 0 Å². The van der Waals surface area contributed by atoms with Crippen LogP contribution in [-0.4, -0.2) is 34.7 Å². The lowest BCUT2D eigenvalue weighted by Gasteiger charge is -2.09. The number of carbonyl (C=O) groups is 1. The van der Waals surface area contributed by atoms with Crippen molar-refractivity contribution in [3.8, 4) is 0 Å². The zero-order valence-electron chi connectivity index (χ0n) is 15.0. The standard InChI is InChI=1S/C19H28N4O2/c1-2-12-22-16-5-3-4-6-17(16)23(19(22)25)13-9-18(24)21-11-8-15-7-10-20-14-15/h3-6,15,20H,2,7-14H2,1H3,(H,21,24). The van der Waals surface area contributed by atoms with Crippen LogP contribution < -0.4 is 16.3 Å². The number of para-hydroxylation sites is 2. The maximum absolute atomic E-state index is 12.7. The molecule has 1 fully saturated rings. The van der Waals surface area contributed by atoms with Crippen LogP contribution in [0.5, 0.6) is 0 Å². The molecule has 136 valence electrons. The minimum atomic E-state index is -0.0205. The maximum atomic E-state index is 12.7. The Morgan fingerprint density at radius 3 is 2.60 bits per heavy atom. The van der Waals surface area contributed by atoms with Crippen LogP contribution in [0.3, 0.4) is 0 Å². The van der Waals surface area contributed by atoms with E-state index in [4.69, 9.17) is 0 Å². The fourth-order valence-electron chi connectivity index (χ4n) is 3.61. The summed E-state index contributed by atoms with van der Waals surface area (Å²) in [6.07, 6.45) is 3.46. The third-order valence-corrected chi connectivity index (χ3v) is 4.97. The Morgan fingerprint density at radius 1 is 1.24 bits per heavy atom. The third-order valence-electron chi connectivity index (χ3n) is 4.97. The Hall–Kier alpha value is -2.08. The van der Waals surface area contributed by atoms with Gasteiger partial charge in [-0.05, 0) is 50.4 Å². The second kappa shape index (κ2) is 8.34. The molecule has 0 aliphatic carbocycles. The Morgan fingerprint density at radius 2 is 1.96 bits per heavy atom. The molecule has 1 amide bonds. The molecule has 0 spiro atoms. The number of carbonyl (C=O) groups excluding carboxylic acids is 1. The van der Waals surface area contributed by atoms with Crippen molar-refractivity contribution in [1.29, 1.82) is 0 Å². The highest BCUT2D eigenvalue weighted by Crippen LogP contribution is 2.14. The highest BCUT2D eigenvalue weighted by atomic mass is 16.2. The van der Waals surface area contributed by atoms with E-state index in [9.17, 15) is 9.59 Å². The summed E-state index contributed by atoms with van der Waals surface area (Å²) in [6.45, 7) is 6.05. The minimum Gasteiger partial charge on any atom is -0.356 e. The van der Waals surface area contributed by atoms with Gasteiger partial charge in [-0.25, -0.2) is 4.79 Å². The minimum absolute atomic E-state index is 0.0187. The summed E-state index contributed by atoms with van der Waals surface area (Å²) in [6, 6.07) is 7.81. The van der Waals surface area contributed by atoms with Gasteiger partial charge in [-0.15, -0.1) is 0 Å². The summed E-state index contributed by atoms with van der Waals surface area (Å²) in [5.74, 6) is 0.695. The SMILES string of the molecule is CCCn1c(=O)n(CCC(=O)NCCC2CCNC2)c2ccccc21. The highest BCUT2D eigenvalue weighted by molar-refractivity contribution is 5.77. The monoisotopic (exact) mass is 344 g/mol. The summed E-state index contributed by atoms with van der Waals surface area (Å²) in [4.78, 5) is 24.8. The number of hydrogen-bond donors (Lipinski definition) is 2. The fourth-order valence-corrected chi connectivity index (χ4v) is 3.61. The van der Waals surface area contributed by atoms with Crippen molar-refractivity contribution in [2.24, 2.45) is 5.92 Å². The van der Waals surface area contributed by atoms with Crippen LogP contribution in [0.2, 0.25) is 0 Å². The zero-order chi connectivity index (χ0) is 17.6. The van der Waals surface area contributed by atoms with E-state index in [-0.39, 0.29) is 11.6 Å². The van der Waals surface area contributed by atoms with Gasteiger partial charge in [-0.3, -0.25) is 13.9 Å². The molecule has 3 rings (SSSR count). The lowest BCUT2D eigenvalue weighted by molar-refractivity contribution is -0.121. The van der Waals surface area contributed by atoms with Crippen LogP contribution in [0.1, 0.15) is 32.6 Å². The molecule has 2 aromatic rings. The van der Waals surface area contributed by atoms with Crippen LogP contribution in [0, 0.1) is 5.92 Å². The van der Waals surface area contributed by atoms with Crippen molar-refractivity contribution in [3.63, 3.8) is 0 Å². The van der Waals surface area contributed by atoms with Gasteiger partial charge in [-0.2, -0.15) is 0 Å². The zero-order valence-corrected chi connectivity index (χ0v) is 15.0.